The quantitative estimate of drug-likeness (QED) is 0.728. The summed E-state index contributed by atoms with van der Waals surface area (Å²) in [5.74, 6) is 0.734. The van der Waals surface area contributed by atoms with E-state index in [-0.39, 0.29) is 17.9 Å². The van der Waals surface area contributed by atoms with Crippen molar-refractivity contribution in [3.63, 3.8) is 0 Å². The van der Waals surface area contributed by atoms with Crippen molar-refractivity contribution in [2.45, 2.75) is 39.7 Å². The molecule has 4 nitrogen and oxygen atoms in total. The van der Waals surface area contributed by atoms with Crippen molar-refractivity contribution in [3.05, 3.63) is 33.9 Å². The van der Waals surface area contributed by atoms with E-state index in [9.17, 15) is 4.79 Å². The molecular formula is C20H25BrClN3O. The van der Waals surface area contributed by atoms with Gasteiger partial charge in [0.15, 0.2) is 0 Å². The molecule has 1 fully saturated rings. The molecule has 0 aliphatic carbocycles. The number of fused-ring (bicyclic) bond motifs is 1. The van der Waals surface area contributed by atoms with Crippen LogP contribution >= 0.6 is 27.5 Å². The molecule has 0 radical (unpaired) electrons. The summed E-state index contributed by atoms with van der Waals surface area (Å²) in [5, 5.41) is 4.85. The highest BCUT2D eigenvalue weighted by atomic mass is 79.9. The van der Waals surface area contributed by atoms with Gasteiger partial charge in [0.05, 0.1) is 10.5 Å². The number of amides is 1. The third kappa shape index (κ3) is 4.15. The molecule has 1 aliphatic rings. The van der Waals surface area contributed by atoms with Crippen LogP contribution in [0.2, 0.25) is 5.02 Å². The van der Waals surface area contributed by atoms with Gasteiger partial charge in [0.25, 0.3) is 0 Å². The van der Waals surface area contributed by atoms with Gasteiger partial charge < -0.3 is 10.2 Å². The van der Waals surface area contributed by atoms with E-state index in [1.807, 2.05) is 12.1 Å². The minimum Gasteiger partial charge on any atom is -0.371 e. The van der Waals surface area contributed by atoms with Crippen LogP contribution in [0.3, 0.4) is 0 Å². The highest BCUT2D eigenvalue weighted by molar-refractivity contribution is 9.10. The highest BCUT2D eigenvalue weighted by Gasteiger charge is 2.27. The highest BCUT2D eigenvalue weighted by Crippen LogP contribution is 2.34. The second-order valence-electron chi connectivity index (χ2n) is 7.42. The molecule has 3 rings (SSSR count). The van der Waals surface area contributed by atoms with E-state index in [0.29, 0.717) is 10.9 Å². The number of carbonyl (C=O) groups excluding carboxylic acids is 1. The number of halogens is 2. The maximum atomic E-state index is 12.5. The summed E-state index contributed by atoms with van der Waals surface area (Å²) in [4.78, 5) is 19.3. The third-order valence-corrected chi connectivity index (χ3v) is 6.06. The van der Waals surface area contributed by atoms with Crippen LogP contribution < -0.4 is 10.2 Å². The molecule has 1 unspecified atom stereocenters. The molecule has 26 heavy (non-hydrogen) atoms. The second kappa shape index (κ2) is 8.13. The Bertz CT molecular complexity index is 803. The molecule has 6 heteroatoms. The molecule has 2 heterocycles. The number of pyridine rings is 1. The van der Waals surface area contributed by atoms with Gasteiger partial charge in [-0.05, 0) is 43.9 Å². The Morgan fingerprint density at radius 2 is 2.00 bits per heavy atom. The van der Waals surface area contributed by atoms with E-state index in [0.717, 1.165) is 47.0 Å². The molecule has 1 aromatic heterocycles. The van der Waals surface area contributed by atoms with E-state index in [4.69, 9.17) is 11.6 Å². The van der Waals surface area contributed by atoms with Gasteiger partial charge >= 0.3 is 0 Å². The largest absolute Gasteiger partial charge is 0.371 e. The van der Waals surface area contributed by atoms with Gasteiger partial charge in [0.1, 0.15) is 0 Å². The summed E-state index contributed by atoms with van der Waals surface area (Å²) >= 11 is 9.87. The number of aromatic nitrogens is 1. The van der Waals surface area contributed by atoms with Crippen molar-refractivity contribution in [1.82, 2.24) is 10.3 Å². The van der Waals surface area contributed by atoms with Crippen LogP contribution in [0, 0.1) is 11.8 Å². The lowest BCUT2D eigenvalue weighted by Gasteiger charge is -2.34. The molecule has 1 atom stereocenters. The minimum absolute atomic E-state index is 0.0934. The zero-order valence-corrected chi connectivity index (χ0v) is 17.8. The molecule has 1 saturated heterocycles. The molecule has 1 N–H and O–H groups in total. The second-order valence-corrected chi connectivity index (χ2v) is 8.74. The number of hydrogen-bond acceptors (Lipinski definition) is 3. The molecule has 2 aromatic rings. The fraction of sp³-hybridized carbons (Fsp3) is 0.500. The van der Waals surface area contributed by atoms with Crippen LogP contribution in [-0.2, 0) is 4.79 Å². The predicted octanol–water partition coefficient (Wildman–Crippen LogP) is 5.03. The number of carbonyl (C=O) groups is 1. The summed E-state index contributed by atoms with van der Waals surface area (Å²) < 4.78 is 0.946. The van der Waals surface area contributed by atoms with E-state index in [2.05, 4.69) is 58.0 Å². The van der Waals surface area contributed by atoms with Crippen LogP contribution in [-0.4, -0.2) is 30.0 Å². The van der Waals surface area contributed by atoms with Crippen LogP contribution in [0.1, 0.15) is 33.6 Å². The Hall–Kier alpha value is -1.33. The lowest BCUT2D eigenvalue weighted by atomic mass is 9.94. The van der Waals surface area contributed by atoms with Gasteiger partial charge in [0.2, 0.25) is 5.91 Å². The lowest BCUT2D eigenvalue weighted by Crippen LogP contribution is -2.44. The molecule has 1 aromatic carbocycles. The molecule has 0 spiro atoms. The first-order valence-electron chi connectivity index (χ1n) is 9.16. The Morgan fingerprint density at radius 3 is 2.65 bits per heavy atom. The number of nitrogens with one attached hydrogen (secondary N) is 1. The van der Waals surface area contributed by atoms with Crippen molar-refractivity contribution in [1.29, 1.82) is 0 Å². The first-order chi connectivity index (χ1) is 12.4. The van der Waals surface area contributed by atoms with Crippen LogP contribution in [0.25, 0.3) is 10.9 Å². The Labute approximate surface area is 168 Å². The van der Waals surface area contributed by atoms with E-state index in [1.54, 1.807) is 6.20 Å². The van der Waals surface area contributed by atoms with Crippen LogP contribution in [0.5, 0.6) is 0 Å². The Morgan fingerprint density at radius 1 is 1.31 bits per heavy atom. The Balaban J connectivity index is 1.73. The van der Waals surface area contributed by atoms with E-state index in [1.165, 1.54) is 0 Å². The van der Waals surface area contributed by atoms with Gasteiger partial charge in [-0.2, -0.15) is 0 Å². The first kappa shape index (κ1) is 19.4. The summed E-state index contributed by atoms with van der Waals surface area (Å²) in [6, 6.07) is 6.18. The number of benzene rings is 1. The van der Waals surface area contributed by atoms with Crippen molar-refractivity contribution in [3.8, 4) is 0 Å². The van der Waals surface area contributed by atoms with Crippen molar-refractivity contribution in [2.75, 3.05) is 18.0 Å². The van der Waals surface area contributed by atoms with Gasteiger partial charge in [-0.15, -0.1) is 0 Å². The van der Waals surface area contributed by atoms with Crippen molar-refractivity contribution in [2.24, 2.45) is 11.8 Å². The van der Waals surface area contributed by atoms with Gasteiger partial charge in [-0.1, -0.05) is 41.4 Å². The molecular weight excluding hydrogens is 414 g/mol. The number of anilines is 1. The molecule has 1 amide bonds. The molecule has 140 valence electrons. The van der Waals surface area contributed by atoms with Gasteiger partial charge in [-0.25, -0.2) is 0 Å². The fourth-order valence-corrected chi connectivity index (χ4v) is 4.19. The van der Waals surface area contributed by atoms with E-state index >= 15 is 0 Å². The SMILES string of the molecule is CC(C)C(C)NC(=O)C1CCN(c2ccnc3c(Cl)cc(Br)cc23)CC1. The summed E-state index contributed by atoms with van der Waals surface area (Å²) in [5.41, 5.74) is 1.95. The smallest absolute Gasteiger partial charge is 0.223 e. The monoisotopic (exact) mass is 437 g/mol. The van der Waals surface area contributed by atoms with Crippen LogP contribution in [0.15, 0.2) is 28.9 Å². The number of hydrogen-bond donors (Lipinski definition) is 1. The Kier molecular flexibility index (Phi) is 6.08. The molecule has 0 bridgehead atoms. The first-order valence-corrected chi connectivity index (χ1v) is 10.3. The third-order valence-electron chi connectivity index (χ3n) is 5.32. The summed E-state index contributed by atoms with van der Waals surface area (Å²) in [6.07, 6.45) is 3.53. The average molecular weight is 439 g/mol. The maximum Gasteiger partial charge on any atom is 0.223 e. The minimum atomic E-state index is 0.0934. The molecule has 1 aliphatic heterocycles. The number of nitrogens with zero attached hydrogens (tertiary/aromatic N) is 2. The number of rotatable bonds is 4. The fourth-order valence-electron chi connectivity index (χ4n) is 3.33. The average Bonchev–Trinajstić information content (AvgIpc) is 2.61. The van der Waals surface area contributed by atoms with Crippen LogP contribution in [0.4, 0.5) is 5.69 Å². The van der Waals surface area contributed by atoms with Gasteiger partial charge in [0, 0.05) is 46.8 Å². The standard InChI is InChI=1S/C20H25BrClN3O/c1-12(2)13(3)24-20(26)14-5-8-25(9-6-14)18-4-7-23-19-16(18)10-15(21)11-17(19)22/h4,7,10-14H,5-6,8-9H2,1-3H3,(H,24,26). The summed E-state index contributed by atoms with van der Waals surface area (Å²) in [7, 11) is 0. The zero-order valence-electron chi connectivity index (χ0n) is 15.4. The van der Waals surface area contributed by atoms with E-state index < -0.39 is 0 Å². The van der Waals surface area contributed by atoms with Crippen molar-refractivity contribution < 1.29 is 4.79 Å². The predicted molar refractivity (Wildman–Crippen MR) is 112 cm³/mol. The topological polar surface area (TPSA) is 45.2 Å². The maximum absolute atomic E-state index is 12.5. The summed E-state index contributed by atoms with van der Waals surface area (Å²) in [6.45, 7) is 8.05. The lowest BCUT2D eigenvalue weighted by molar-refractivity contribution is -0.126. The normalized spacial score (nSPS) is 16.9. The van der Waals surface area contributed by atoms with Gasteiger partial charge in [-0.3, -0.25) is 9.78 Å². The zero-order chi connectivity index (χ0) is 18.8. The molecule has 0 saturated carbocycles. The number of piperidine rings is 1. The van der Waals surface area contributed by atoms with Crippen molar-refractivity contribution >= 4 is 50.0 Å².